The fourth-order valence-corrected chi connectivity index (χ4v) is 2.86. The molecule has 0 saturated heterocycles. The molecule has 0 N–H and O–H groups in total. The van der Waals surface area contributed by atoms with Crippen molar-refractivity contribution in [1.82, 2.24) is 0 Å². The maximum atomic E-state index is 11.8. The first-order chi connectivity index (χ1) is 8.52. The summed E-state index contributed by atoms with van der Waals surface area (Å²) >= 11 is 9.69. The van der Waals surface area contributed by atoms with Crippen LogP contribution >= 0.6 is 27.5 Å². The van der Waals surface area contributed by atoms with Crippen molar-refractivity contribution in [1.29, 1.82) is 0 Å². The predicted octanol–water partition coefficient (Wildman–Crippen LogP) is 5.28. The van der Waals surface area contributed by atoms with Gasteiger partial charge in [-0.2, -0.15) is 0 Å². The van der Waals surface area contributed by atoms with Crippen molar-refractivity contribution in [3.63, 3.8) is 0 Å². The molecule has 0 aromatic heterocycles. The molecule has 2 rings (SSSR count). The van der Waals surface area contributed by atoms with Crippen LogP contribution in [0.4, 0.5) is 0 Å². The lowest BCUT2D eigenvalue weighted by Gasteiger charge is -2.13. The molecule has 18 heavy (non-hydrogen) atoms. The fourth-order valence-electron chi connectivity index (χ4n) is 1.88. The summed E-state index contributed by atoms with van der Waals surface area (Å²) in [6, 6.07) is 11.6. The van der Waals surface area contributed by atoms with Gasteiger partial charge in [0, 0.05) is 20.6 Å². The zero-order valence-corrected chi connectivity index (χ0v) is 12.5. The number of hydrogen-bond acceptors (Lipinski definition) is 1. The molecular weight excluding hydrogens is 312 g/mol. The molecule has 3 heteroatoms. The Kier molecular flexibility index (Phi) is 3.88. The Morgan fingerprint density at radius 2 is 1.83 bits per heavy atom. The van der Waals surface area contributed by atoms with E-state index in [4.69, 9.17) is 11.6 Å². The van der Waals surface area contributed by atoms with Gasteiger partial charge in [-0.1, -0.05) is 41.9 Å². The lowest BCUT2D eigenvalue weighted by Crippen LogP contribution is -1.99. The van der Waals surface area contributed by atoms with Crippen molar-refractivity contribution < 1.29 is 4.79 Å². The average Bonchev–Trinajstić information content (AvgIpc) is 2.36. The van der Waals surface area contributed by atoms with Crippen molar-refractivity contribution >= 4 is 33.3 Å². The Bertz CT molecular complexity index is 606. The first-order valence-corrected chi connectivity index (χ1v) is 6.74. The molecule has 2 aromatic carbocycles. The van der Waals surface area contributed by atoms with Gasteiger partial charge in [0.1, 0.15) is 0 Å². The zero-order chi connectivity index (χ0) is 13.3. The van der Waals surface area contributed by atoms with E-state index in [0.717, 1.165) is 21.2 Å². The summed E-state index contributed by atoms with van der Waals surface area (Å²) in [6.07, 6.45) is 0. The second kappa shape index (κ2) is 5.25. The van der Waals surface area contributed by atoms with Crippen LogP contribution in [0.5, 0.6) is 0 Å². The van der Waals surface area contributed by atoms with E-state index in [1.54, 1.807) is 13.0 Å². The molecule has 0 unspecified atom stereocenters. The summed E-state index contributed by atoms with van der Waals surface area (Å²) in [6.45, 7) is 3.49. The Labute approximate surface area is 120 Å². The highest BCUT2D eigenvalue weighted by molar-refractivity contribution is 9.10. The van der Waals surface area contributed by atoms with E-state index in [9.17, 15) is 4.79 Å². The highest BCUT2D eigenvalue weighted by atomic mass is 79.9. The fraction of sp³-hybridized carbons (Fsp3) is 0.133. The van der Waals surface area contributed by atoms with Gasteiger partial charge >= 0.3 is 0 Å². The molecule has 0 aliphatic rings. The minimum Gasteiger partial charge on any atom is -0.294 e. The molecule has 0 aliphatic heterocycles. The van der Waals surface area contributed by atoms with Crippen LogP contribution in [0.1, 0.15) is 22.8 Å². The number of Topliss-reactive ketones (excluding diaryl/α,β-unsaturated/α-hetero) is 1. The van der Waals surface area contributed by atoms with E-state index >= 15 is 0 Å². The maximum absolute atomic E-state index is 11.8. The SMILES string of the molecule is CC(=O)c1cc(Cl)c(C)c(Br)c1-c1ccccc1. The number of halogens is 2. The number of rotatable bonds is 2. The maximum Gasteiger partial charge on any atom is 0.160 e. The van der Waals surface area contributed by atoms with Gasteiger partial charge in [0.25, 0.3) is 0 Å². The zero-order valence-electron chi connectivity index (χ0n) is 10.1. The van der Waals surface area contributed by atoms with E-state index in [1.165, 1.54) is 0 Å². The van der Waals surface area contributed by atoms with Crippen molar-refractivity contribution in [2.45, 2.75) is 13.8 Å². The summed E-state index contributed by atoms with van der Waals surface area (Å²) in [4.78, 5) is 11.8. The molecule has 0 amide bonds. The number of hydrogen-bond donors (Lipinski definition) is 0. The quantitative estimate of drug-likeness (QED) is 0.687. The molecule has 0 spiro atoms. The van der Waals surface area contributed by atoms with Gasteiger partial charge in [0.2, 0.25) is 0 Å². The Morgan fingerprint density at radius 3 is 2.39 bits per heavy atom. The van der Waals surface area contributed by atoms with E-state index in [1.807, 2.05) is 37.3 Å². The average molecular weight is 324 g/mol. The lowest BCUT2D eigenvalue weighted by atomic mass is 9.95. The summed E-state index contributed by atoms with van der Waals surface area (Å²) in [5, 5.41) is 0.603. The summed E-state index contributed by atoms with van der Waals surface area (Å²) in [5.74, 6) is 0.0106. The summed E-state index contributed by atoms with van der Waals surface area (Å²) in [5.41, 5.74) is 3.50. The number of carbonyl (C=O) groups is 1. The molecular formula is C15H12BrClO. The number of benzene rings is 2. The monoisotopic (exact) mass is 322 g/mol. The van der Waals surface area contributed by atoms with Gasteiger partial charge in [-0.3, -0.25) is 4.79 Å². The molecule has 0 fully saturated rings. The van der Waals surface area contributed by atoms with Crippen LogP contribution in [0.3, 0.4) is 0 Å². The second-order valence-corrected chi connectivity index (χ2v) is 5.34. The Morgan fingerprint density at radius 1 is 1.22 bits per heavy atom. The van der Waals surface area contributed by atoms with Crippen molar-refractivity contribution in [3.8, 4) is 11.1 Å². The predicted molar refractivity (Wildman–Crippen MR) is 79.3 cm³/mol. The molecule has 0 bridgehead atoms. The first kappa shape index (κ1) is 13.3. The van der Waals surface area contributed by atoms with Crippen LogP contribution in [0.2, 0.25) is 5.02 Å². The minimum atomic E-state index is 0.0106. The molecule has 2 aromatic rings. The third kappa shape index (κ3) is 2.36. The standard InChI is InChI=1S/C15H12BrClO/c1-9-13(17)8-12(10(2)18)14(15(9)16)11-6-4-3-5-7-11/h3-8H,1-2H3. The minimum absolute atomic E-state index is 0.0106. The van der Waals surface area contributed by atoms with Gasteiger partial charge in [-0.05, 0) is 47.0 Å². The first-order valence-electron chi connectivity index (χ1n) is 5.57. The van der Waals surface area contributed by atoms with Crippen LogP contribution in [0, 0.1) is 6.92 Å². The van der Waals surface area contributed by atoms with E-state index in [0.29, 0.717) is 10.6 Å². The molecule has 92 valence electrons. The largest absolute Gasteiger partial charge is 0.294 e. The van der Waals surface area contributed by atoms with Crippen LogP contribution in [-0.4, -0.2) is 5.78 Å². The molecule has 1 nitrogen and oxygen atoms in total. The van der Waals surface area contributed by atoms with Crippen molar-refractivity contribution in [2.24, 2.45) is 0 Å². The number of ketones is 1. The molecule has 0 radical (unpaired) electrons. The van der Waals surface area contributed by atoms with E-state index in [2.05, 4.69) is 15.9 Å². The van der Waals surface area contributed by atoms with Crippen LogP contribution in [0.15, 0.2) is 40.9 Å². The van der Waals surface area contributed by atoms with Crippen LogP contribution < -0.4 is 0 Å². The van der Waals surface area contributed by atoms with Crippen LogP contribution in [0.25, 0.3) is 11.1 Å². The molecule has 0 heterocycles. The van der Waals surface area contributed by atoms with Crippen molar-refractivity contribution in [3.05, 3.63) is 57.0 Å². The lowest BCUT2D eigenvalue weighted by molar-refractivity contribution is 0.101. The molecule has 0 atom stereocenters. The number of carbonyl (C=O) groups excluding carboxylic acids is 1. The Hall–Kier alpha value is -1.12. The van der Waals surface area contributed by atoms with Crippen LogP contribution in [-0.2, 0) is 0 Å². The molecule has 0 aliphatic carbocycles. The highest BCUT2D eigenvalue weighted by Gasteiger charge is 2.16. The highest BCUT2D eigenvalue weighted by Crippen LogP contribution is 2.37. The molecule has 0 saturated carbocycles. The van der Waals surface area contributed by atoms with Gasteiger partial charge in [0.15, 0.2) is 5.78 Å². The second-order valence-electron chi connectivity index (χ2n) is 4.14. The smallest absolute Gasteiger partial charge is 0.160 e. The summed E-state index contributed by atoms with van der Waals surface area (Å²) in [7, 11) is 0. The van der Waals surface area contributed by atoms with Gasteiger partial charge in [0.05, 0.1) is 0 Å². The van der Waals surface area contributed by atoms with Gasteiger partial charge < -0.3 is 0 Å². The third-order valence-corrected chi connectivity index (χ3v) is 4.27. The summed E-state index contributed by atoms with van der Waals surface area (Å²) < 4.78 is 0.881. The van der Waals surface area contributed by atoms with Gasteiger partial charge in [-0.15, -0.1) is 0 Å². The van der Waals surface area contributed by atoms with E-state index in [-0.39, 0.29) is 5.78 Å². The van der Waals surface area contributed by atoms with Crippen molar-refractivity contribution in [2.75, 3.05) is 0 Å². The van der Waals surface area contributed by atoms with E-state index < -0.39 is 0 Å². The normalized spacial score (nSPS) is 10.4. The van der Waals surface area contributed by atoms with Gasteiger partial charge in [-0.25, -0.2) is 0 Å². The Balaban J connectivity index is 2.80. The third-order valence-electron chi connectivity index (χ3n) is 2.89. The topological polar surface area (TPSA) is 17.1 Å².